The Hall–Kier alpha value is -2.05. The molecule has 0 aliphatic carbocycles. The van der Waals surface area contributed by atoms with Gasteiger partial charge >= 0.3 is 0 Å². The summed E-state index contributed by atoms with van der Waals surface area (Å²) in [6, 6.07) is 8.31. The van der Waals surface area contributed by atoms with Crippen molar-refractivity contribution in [3.8, 4) is 0 Å². The van der Waals surface area contributed by atoms with Crippen LogP contribution in [-0.4, -0.2) is 30.8 Å². The van der Waals surface area contributed by atoms with Crippen molar-refractivity contribution < 1.29 is 14.4 Å². The average Bonchev–Trinajstić information content (AvgIpc) is 2.49. The van der Waals surface area contributed by atoms with Crippen molar-refractivity contribution in [3.05, 3.63) is 46.1 Å². The zero-order valence-electron chi connectivity index (χ0n) is 11.8. The first-order valence-electron chi connectivity index (χ1n) is 6.36. The van der Waals surface area contributed by atoms with Gasteiger partial charge in [0.05, 0.1) is 0 Å². The summed E-state index contributed by atoms with van der Waals surface area (Å²) in [5.41, 5.74) is 0.112. The van der Waals surface area contributed by atoms with E-state index in [-0.39, 0.29) is 29.2 Å². The minimum atomic E-state index is -0.644. The predicted octanol–water partition coefficient (Wildman–Crippen LogP) is 1.32. The average molecular weight is 344 g/mol. The second-order valence-corrected chi connectivity index (χ2v) is 5.14. The number of hydrogen-bond acceptors (Lipinski definition) is 3. The Morgan fingerprint density at radius 2 is 1.59 bits per heavy atom. The van der Waals surface area contributed by atoms with Gasteiger partial charge in [-0.1, -0.05) is 41.4 Å². The summed E-state index contributed by atoms with van der Waals surface area (Å²) in [5.74, 6) is -1.36. The lowest BCUT2D eigenvalue weighted by Crippen LogP contribution is -2.39. The zero-order valence-corrected chi connectivity index (χ0v) is 13.3. The molecule has 118 valence electrons. The number of rotatable bonds is 6. The predicted molar refractivity (Wildman–Crippen MR) is 84.3 cm³/mol. The minimum Gasteiger partial charge on any atom is -0.355 e. The van der Waals surface area contributed by atoms with Crippen molar-refractivity contribution >= 4 is 40.9 Å². The van der Waals surface area contributed by atoms with Crippen LogP contribution < -0.4 is 16.0 Å². The molecule has 22 heavy (non-hydrogen) atoms. The summed E-state index contributed by atoms with van der Waals surface area (Å²) in [6.07, 6.45) is 0. The molecule has 0 aliphatic rings. The molecule has 0 saturated carbocycles. The third-order valence-corrected chi connectivity index (χ3v) is 2.85. The number of hydrogen-bond donors (Lipinski definition) is 3. The van der Waals surface area contributed by atoms with E-state index in [1.165, 1.54) is 6.92 Å². The molecule has 1 rings (SSSR count). The van der Waals surface area contributed by atoms with Crippen LogP contribution in [0.25, 0.3) is 0 Å². The first-order chi connectivity index (χ1) is 10.4. The maximum atomic E-state index is 12.0. The van der Waals surface area contributed by atoms with E-state index in [2.05, 4.69) is 16.0 Å². The molecule has 0 fully saturated rings. The van der Waals surface area contributed by atoms with Gasteiger partial charge in [0.15, 0.2) is 0 Å². The summed E-state index contributed by atoms with van der Waals surface area (Å²) in [4.78, 5) is 34.6. The summed E-state index contributed by atoms with van der Waals surface area (Å²) < 4.78 is -0.360. The molecule has 0 heterocycles. The van der Waals surface area contributed by atoms with E-state index in [9.17, 15) is 14.4 Å². The fraction of sp³-hybridized carbons (Fsp3) is 0.214. The molecule has 0 bridgehead atoms. The van der Waals surface area contributed by atoms with Crippen molar-refractivity contribution in [2.75, 3.05) is 13.1 Å². The molecule has 0 atom stereocenters. The van der Waals surface area contributed by atoms with Crippen LogP contribution in [0.2, 0.25) is 0 Å². The van der Waals surface area contributed by atoms with Gasteiger partial charge < -0.3 is 16.0 Å². The van der Waals surface area contributed by atoms with Crippen LogP contribution in [-0.2, 0) is 9.59 Å². The highest BCUT2D eigenvalue weighted by atomic mass is 35.5. The van der Waals surface area contributed by atoms with Gasteiger partial charge in [-0.15, -0.1) is 0 Å². The Kier molecular flexibility index (Phi) is 7.42. The van der Waals surface area contributed by atoms with Gasteiger partial charge in [0.25, 0.3) is 11.8 Å². The van der Waals surface area contributed by atoms with Gasteiger partial charge in [-0.3, -0.25) is 14.4 Å². The lowest BCUT2D eigenvalue weighted by Gasteiger charge is -2.11. The standard InChI is InChI=1S/C14H15Cl2N3O3/c1-9(20)17-7-8-18-14(22)11(12(15)16)19-13(21)10-5-3-2-4-6-10/h2-6H,7-8H2,1H3,(H,17,20)(H,18,22)(H,19,21). The maximum Gasteiger partial charge on any atom is 0.270 e. The van der Waals surface area contributed by atoms with E-state index in [1.54, 1.807) is 30.3 Å². The summed E-state index contributed by atoms with van der Waals surface area (Å²) >= 11 is 11.3. The van der Waals surface area contributed by atoms with Crippen molar-refractivity contribution in [1.29, 1.82) is 0 Å². The molecule has 3 N–H and O–H groups in total. The molecule has 0 aliphatic heterocycles. The molecule has 1 aromatic carbocycles. The molecule has 0 spiro atoms. The third-order valence-electron chi connectivity index (χ3n) is 2.48. The number of carbonyl (C=O) groups is 3. The van der Waals surface area contributed by atoms with E-state index < -0.39 is 11.8 Å². The van der Waals surface area contributed by atoms with E-state index in [0.29, 0.717) is 5.56 Å². The lowest BCUT2D eigenvalue weighted by molar-refractivity contribution is -0.120. The summed E-state index contributed by atoms with van der Waals surface area (Å²) in [7, 11) is 0. The molecule has 8 heteroatoms. The Labute approximate surface area is 137 Å². The quantitative estimate of drug-likeness (QED) is 0.537. The molecular formula is C14H15Cl2N3O3. The van der Waals surface area contributed by atoms with Crippen LogP contribution in [0, 0.1) is 0 Å². The first kappa shape index (κ1) is 18.0. The SMILES string of the molecule is CC(=O)NCCNC(=O)C(NC(=O)c1ccccc1)=C(Cl)Cl. The molecule has 3 amide bonds. The molecule has 0 saturated heterocycles. The van der Waals surface area contributed by atoms with Crippen LogP contribution >= 0.6 is 23.2 Å². The number of halogens is 2. The van der Waals surface area contributed by atoms with E-state index >= 15 is 0 Å². The Balaban J connectivity index is 2.63. The second kappa shape index (κ2) is 9.07. The fourth-order valence-electron chi connectivity index (χ4n) is 1.47. The van der Waals surface area contributed by atoms with Gasteiger partial charge in [-0.25, -0.2) is 0 Å². The van der Waals surface area contributed by atoms with Crippen LogP contribution in [0.4, 0.5) is 0 Å². The molecule has 6 nitrogen and oxygen atoms in total. The minimum absolute atomic E-state index is 0.171. The Morgan fingerprint density at radius 3 is 2.14 bits per heavy atom. The first-order valence-corrected chi connectivity index (χ1v) is 7.11. The van der Waals surface area contributed by atoms with Gasteiger partial charge in [0, 0.05) is 25.6 Å². The normalized spacial score (nSPS) is 9.59. The van der Waals surface area contributed by atoms with Crippen LogP contribution in [0.3, 0.4) is 0 Å². The topological polar surface area (TPSA) is 87.3 Å². The maximum absolute atomic E-state index is 12.0. The number of amides is 3. The smallest absolute Gasteiger partial charge is 0.270 e. The number of nitrogens with one attached hydrogen (secondary N) is 3. The van der Waals surface area contributed by atoms with Gasteiger partial charge in [0.2, 0.25) is 5.91 Å². The molecule has 0 radical (unpaired) electrons. The van der Waals surface area contributed by atoms with Gasteiger partial charge in [0.1, 0.15) is 10.2 Å². The molecule has 0 aromatic heterocycles. The Morgan fingerprint density at radius 1 is 1.00 bits per heavy atom. The largest absolute Gasteiger partial charge is 0.355 e. The van der Waals surface area contributed by atoms with Crippen molar-refractivity contribution in [1.82, 2.24) is 16.0 Å². The second-order valence-electron chi connectivity index (χ2n) is 4.19. The molecular weight excluding hydrogens is 329 g/mol. The highest BCUT2D eigenvalue weighted by molar-refractivity contribution is 6.57. The van der Waals surface area contributed by atoms with Crippen molar-refractivity contribution in [2.24, 2.45) is 0 Å². The highest BCUT2D eigenvalue weighted by Gasteiger charge is 2.17. The lowest BCUT2D eigenvalue weighted by atomic mass is 10.2. The van der Waals surface area contributed by atoms with Crippen LogP contribution in [0.5, 0.6) is 0 Å². The van der Waals surface area contributed by atoms with E-state index in [0.717, 1.165) is 0 Å². The third kappa shape index (κ3) is 6.15. The zero-order chi connectivity index (χ0) is 16.5. The van der Waals surface area contributed by atoms with Crippen LogP contribution in [0.15, 0.2) is 40.5 Å². The molecule has 1 aromatic rings. The number of carbonyl (C=O) groups excluding carboxylic acids is 3. The Bertz CT molecular complexity index is 584. The monoisotopic (exact) mass is 343 g/mol. The summed E-state index contributed by atoms with van der Waals surface area (Å²) in [5, 5.41) is 7.35. The van der Waals surface area contributed by atoms with Gasteiger partial charge in [-0.05, 0) is 12.1 Å². The molecule has 0 unspecified atom stereocenters. The van der Waals surface area contributed by atoms with Crippen molar-refractivity contribution in [2.45, 2.75) is 6.92 Å². The summed E-state index contributed by atoms with van der Waals surface area (Å²) in [6.45, 7) is 1.79. The van der Waals surface area contributed by atoms with E-state index in [1.807, 2.05) is 0 Å². The number of benzene rings is 1. The fourth-order valence-corrected chi connectivity index (χ4v) is 1.73. The van der Waals surface area contributed by atoms with Gasteiger partial charge in [-0.2, -0.15) is 0 Å². The van der Waals surface area contributed by atoms with Crippen molar-refractivity contribution in [3.63, 3.8) is 0 Å². The van der Waals surface area contributed by atoms with E-state index in [4.69, 9.17) is 23.2 Å². The highest BCUT2D eigenvalue weighted by Crippen LogP contribution is 2.13. The van der Waals surface area contributed by atoms with Crippen LogP contribution in [0.1, 0.15) is 17.3 Å².